The average molecular weight is 398 g/mol. The van der Waals surface area contributed by atoms with Crippen LogP contribution in [0.1, 0.15) is 22.3 Å². The number of hydrogen-bond donors (Lipinski definition) is 2. The Morgan fingerprint density at radius 2 is 2.07 bits per heavy atom. The van der Waals surface area contributed by atoms with Crippen molar-refractivity contribution >= 4 is 23.5 Å². The number of esters is 1. The van der Waals surface area contributed by atoms with Gasteiger partial charge in [-0.05, 0) is 24.1 Å². The van der Waals surface area contributed by atoms with Gasteiger partial charge < -0.3 is 25.2 Å². The highest BCUT2D eigenvalue weighted by atomic mass is 16.5. The summed E-state index contributed by atoms with van der Waals surface area (Å²) in [7, 11) is 1.26. The van der Waals surface area contributed by atoms with Crippen LogP contribution in [0.3, 0.4) is 0 Å². The molecule has 2 heterocycles. The van der Waals surface area contributed by atoms with Crippen LogP contribution in [-0.2, 0) is 20.7 Å². The Hall–Kier alpha value is -3.05. The van der Waals surface area contributed by atoms with E-state index in [-0.39, 0.29) is 18.9 Å². The largest absolute Gasteiger partial charge is 0.469 e. The van der Waals surface area contributed by atoms with Crippen molar-refractivity contribution in [2.75, 3.05) is 51.3 Å². The molecule has 0 bridgehead atoms. The summed E-state index contributed by atoms with van der Waals surface area (Å²) in [6, 6.07) is 5.23. The summed E-state index contributed by atoms with van der Waals surface area (Å²) in [6.45, 7) is 3.98. The van der Waals surface area contributed by atoms with Crippen molar-refractivity contribution in [1.29, 1.82) is 0 Å². The summed E-state index contributed by atoms with van der Waals surface area (Å²) in [5, 5.41) is 5.92. The monoisotopic (exact) mass is 398 g/mol. The van der Waals surface area contributed by atoms with Crippen molar-refractivity contribution in [1.82, 2.24) is 15.5 Å². The minimum atomic E-state index is -0.763. The SMILES string of the molecule is C#C[C@H](CC(=O)OC)NC(=O)CN1CCc2ccc(N3CCNCC3)cc2C1=O. The van der Waals surface area contributed by atoms with E-state index in [4.69, 9.17) is 6.42 Å². The lowest BCUT2D eigenvalue weighted by Gasteiger charge is -2.32. The average Bonchev–Trinajstić information content (AvgIpc) is 2.75. The number of carbonyl (C=O) groups is 3. The topological polar surface area (TPSA) is 91.0 Å². The Balaban J connectivity index is 1.65. The zero-order chi connectivity index (χ0) is 20.8. The lowest BCUT2D eigenvalue weighted by atomic mass is 9.97. The number of ether oxygens (including phenoxy) is 1. The van der Waals surface area contributed by atoms with Gasteiger partial charge in [0.2, 0.25) is 5.91 Å². The molecule has 0 radical (unpaired) electrons. The smallest absolute Gasteiger partial charge is 0.308 e. The van der Waals surface area contributed by atoms with Gasteiger partial charge in [-0.25, -0.2) is 0 Å². The standard InChI is InChI=1S/C21H26N4O4/c1-3-16(12-20(27)29-2)23-19(26)14-25-9-6-15-4-5-17(13-18(15)21(25)28)24-10-7-22-8-11-24/h1,4-5,13,16,22H,6-12,14H2,2H3,(H,23,26)/t16-/m1/s1. The van der Waals surface area contributed by atoms with Gasteiger partial charge in [0.05, 0.1) is 20.1 Å². The van der Waals surface area contributed by atoms with Crippen molar-refractivity contribution in [2.45, 2.75) is 18.9 Å². The third-order valence-corrected chi connectivity index (χ3v) is 5.21. The second-order valence-electron chi connectivity index (χ2n) is 7.12. The Kier molecular flexibility index (Phi) is 6.73. The molecule has 1 aromatic carbocycles. The molecule has 2 N–H and O–H groups in total. The molecular formula is C21H26N4O4. The molecular weight excluding hydrogens is 372 g/mol. The van der Waals surface area contributed by atoms with Crippen molar-refractivity contribution in [3.63, 3.8) is 0 Å². The van der Waals surface area contributed by atoms with E-state index >= 15 is 0 Å². The van der Waals surface area contributed by atoms with Gasteiger partial charge in [-0.2, -0.15) is 0 Å². The third-order valence-electron chi connectivity index (χ3n) is 5.21. The minimum absolute atomic E-state index is 0.102. The predicted octanol–water partition coefficient (Wildman–Crippen LogP) is -0.224. The number of amides is 2. The quantitative estimate of drug-likeness (QED) is 0.509. The van der Waals surface area contributed by atoms with Gasteiger partial charge >= 0.3 is 5.97 Å². The fourth-order valence-corrected chi connectivity index (χ4v) is 3.59. The van der Waals surface area contributed by atoms with Crippen LogP contribution in [0.5, 0.6) is 0 Å². The first-order chi connectivity index (χ1) is 14.0. The zero-order valence-electron chi connectivity index (χ0n) is 16.6. The van der Waals surface area contributed by atoms with Gasteiger partial charge in [0.1, 0.15) is 6.04 Å². The molecule has 0 saturated carbocycles. The molecule has 2 aliphatic rings. The number of fused-ring (bicyclic) bond motifs is 1. The van der Waals surface area contributed by atoms with Crippen LogP contribution in [0, 0.1) is 12.3 Å². The van der Waals surface area contributed by atoms with Gasteiger partial charge in [0, 0.05) is 44.0 Å². The van der Waals surface area contributed by atoms with Crippen LogP contribution >= 0.6 is 0 Å². The summed E-state index contributed by atoms with van der Waals surface area (Å²) in [6.07, 6.45) is 5.96. The van der Waals surface area contributed by atoms with E-state index in [2.05, 4.69) is 32.3 Å². The molecule has 154 valence electrons. The Morgan fingerprint density at radius 1 is 1.31 bits per heavy atom. The van der Waals surface area contributed by atoms with E-state index in [1.807, 2.05) is 12.1 Å². The highest BCUT2D eigenvalue weighted by Gasteiger charge is 2.27. The van der Waals surface area contributed by atoms with Crippen LogP contribution in [0.2, 0.25) is 0 Å². The maximum Gasteiger partial charge on any atom is 0.308 e. The second-order valence-corrected chi connectivity index (χ2v) is 7.12. The number of nitrogens with one attached hydrogen (secondary N) is 2. The van der Waals surface area contributed by atoms with E-state index in [0.717, 1.165) is 37.4 Å². The van der Waals surface area contributed by atoms with Crippen LogP contribution < -0.4 is 15.5 Å². The number of rotatable bonds is 6. The highest BCUT2D eigenvalue weighted by Crippen LogP contribution is 2.25. The van der Waals surface area contributed by atoms with Crippen molar-refractivity contribution in [3.8, 4) is 12.3 Å². The highest BCUT2D eigenvalue weighted by molar-refractivity contribution is 5.99. The van der Waals surface area contributed by atoms with Crippen LogP contribution in [0.15, 0.2) is 18.2 Å². The molecule has 3 rings (SSSR count). The van der Waals surface area contributed by atoms with Crippen LogP contribution in [0.25, 0.3) is 0 Å². The van der Waals surface area contributed by atoms with E-state index in [0.29, 0.717) is 18.5 Å². The normalized spacial score (nSPS) is 17.2. The number of piperazine rings is 1. The molecule has 8 heteroatoms. The Labute approximate surface area is 170 Å². The lowest BCUT2D eigenvalue weighted by molar-refractivity contribution is -0.141. The first-order valence-electron chi connectivity index (χ1n) is 9.72. The molecule has 2 aliphatic heterocycles. The van der Waals surface area contributed by atoms with Gasteiger partial charge in [-0.15, -0.1) is 6.42 Å². The van der Waals surface area contributed by atoms with E-state index in [9.17, 15) is 14.4 Å². The lowest BCUT2D eigenvalue weighted by Crippen LogP contribution is -2.47. The summed E-state index contributed by atoms with van der Waals surface area (Å²) >= 11 is 0. The summed E-state index contributed by atoms with van der Waals surface area (Å²) in [5.74, 6) is 1.30. The van der Waals surface area contributed by atoms with E-state index in [1.54, 1.807) is 0 Å². The summed E-state index contributed by atoms with van der Waals surface area (Å²) in [4.78, 5) is 40.5. The first kappa shape index (κ1) is 20.7. The molecule has 0 aliphatic carbocycles. The molecule has 0 spiro atoms. The zero-order valence-corrected chi connectivity index (χ0v) is 16.6. The van der Waals surface area contributed by atoms with Crippen molar-refractivity contribution < 1.29 is 19.1 Å². The van der Waals surface area contributed by atoms with Gasteiger partial charge in [-0.3, -0.25) is 14.4 Å². The molecule has 0 aromatic heterocycles. The van der Waals surface area contributed by atoms with Crippen molar-refractivity contribution in [3.05, 3.63) is 29.3 Å². The van der Waals surface area contributed by atoms with Crippen LogP contribution in [-0.4, -0.2) is 75.1 Å². The molecule has 1 atom stereocenters. The maximum absolute atomic E-state index is 13.0. The van der Waals surface area contributed by atoms with Gasteiger partial charge in [0.15, 0.2) is 0 Å². The molecule has 1 aromatic rings. The Bertz CT molecular complexity index is 826. The molecule has 1 fully saturated rings. The number of carbonyl (C=O) groups excluding carboxylic acids is 3. The third kappa shape index (κ3) is 5.06. The predicted molar refractivity (Wildman–Crippen MR) is 109 cm³/mol. The number of anilines is 1. The number of nitrogens with zero attached hydrogens (tertiary/aromatic N) is 2. The van der Waals surface area contributed by atoms with E-state index < -0.39 is 17.9 Å². The fourth-order valence-electron chi connectivity index (χ4n) is 3.59. The minimum Gasteiger partial charge on any atom is -0.469 e. The summed E-state index contributed by atoms with van der Waals surface area (Å²) in [5.41, 5.74) is 2.66. The first-order valence-corrected chi connectivity index (χ1v) is 9.72. The maximum atomic E-state index is 13.0. The molecule has 29 heavy (non-hydrogen) atoms. The molecule has 0 unspecified atom stereocenters. The van der Waals surface area contributed by atoms with Gasteiger partial charge in [-0.1, -0.05) is 12.0 Å². The number of terminal acetylenes is 1. The second kappa shape index (κ2) is 9.43. The molecule has 1 saturated heterocycles. The van der Waals surface area contributed by atoms with Crippen molar-refractivity contribution in [2.24, 2.45) is 0 Å². The van der Waals surface area contributed by atoms with Gasteiger partial charge in [0.25, 0.3) is 5.91 Å². The molecule has 2 amide bonds. The van der Waals surface area contributed by atoms with E-state index in [1.165, 1.54) is 12.0 Å². The van der Waals surface area contributed by atoms with Crippen LogP contribution in [0.4, 0.5) is 5.69 Å². The summed E-state index contributed by atoms with van der Waals surface area (Å²) < 4.78 is 4.57. The number of benzene rings is 1. The number of hydrogen-bond acceptors (Lipinski definition) is 6. The Morgan fingerprint density at radius 3 is 2.76 bits per heavy atom. The number of methoxy groups -OCH3 is 1. The molecule has 8 nitrogen and oxygen atoms in total. The fraction of sp³-hybridized carbons (Fsp3) is 0.476.